The van der Waals surface area contributed by atoms with Gasteiger partial charge in [0.25, 0.3) is 17.7 Å². The van der Waals surface area contributed by atoms with Crippen LogP contribution in [0.3, 0.4) is 0 Å². The number of para-hydroxylation sites is 1. The molecule has 0 radical (unpaired) electrons. The first kappa shape index (κ1) is 30.8. The van der Waals surface area contributed by atoms with E-state index in [2.05, 4.69) is 21.0 Å². The average Bonchev–Trinajstić information content (AvgIpc) is 3.74. The topological polar surface area (TPSA) is 149 Å². The third-order valence-corrected chi connectivity index (χ3v) is 7.23. The highest BCUT2D eigenvalue weighted by atomic mass is 16.6. The molecule has 3 N–H and O–H groups in total. The van der Waals surface area contributed by atoms with Crippen molar-refractivity contribution in [2.75, 3.05) is 17.2 Å². The molecular weight excluding hydrogens is 576 g/mol. The summed E-state index contributed by atoms with van der Waals surface area (Å²) in [6.45, 7) is 5.85. The van der Waals surface area contributed by atoms with Gasteiger partial charge in [-0.15, -0.1) is 5.10 Å². The number of carbonyl (C=O) groups is 4. The fraction of sp³-hybridized carbons (Fsp3) is 0.242. The molecule has 3 heterocycles. The summed E-state index contributed by atoms with van der Waals surface area (Å²) in [6.07, 6.45) is 2.42. The Morgan fingerprint density at radius 2 is 1.64 bits per heavy atom. The number of ether oxygens (including phenoxy) is 1. The number of benzene rings is 2. The van der Waals surface area contributed by atoms with Gasteiger partial charge < -0.3 is 29.7 Å². The van der Waals surface area contributed by atoms with Gasteiger partial charge in [-0.1, -0.05) is 55.8 Å². The number of hydrogen-bond acceptors (Lipinski definition) is 7. The molecule has 0 aliphatic carbocycles. The highest BCUT2D eigenvalue weighted by Gasteiger charge is 2.29. The highest BCUT2D eigenvalue weighted by Crippen LogP contribution is 2.29. The average molecular weight is 611 g/mol. The van der Waals surface area contributed by atoms with E-state index in [9.17, 15) is 19.2 Å². The third-order valence-electron chi connectivity index (χ3n) is 7.23. The SMILES string of the molecule is CCCCOC(=O)n1nc(NC(=O)c2ccccc2NC(=O)c2cccn2C)c2oc(C(=O)NC(C)(C)c3ccccc3)cc21. The van der Waals surface area contributed by atoms with E-state index >= 15 is 0 Å². The summed E-state index contributed by atoms with van der Waals surface area (Å²) in [5.74, 6) is -1.75. The van der Waals surface area contributed by atoms with Crippen LogP contribution in [0.1, 0.15) is 70.6 Å². The molecule has 0 saturated carbocycles. The Hall–Kier alpha value is -5.65. The number of rotatable bonds is 10. The monoisotopic (exact) mass is 610 g/mol. The van der Waals surface area contributed by atoms with Crippen molar-refractivity contribution in [3.8, 4) is 0 Å². The van der Waals surface area contributed by atoms with Crippen LogP contribution in [0.25, 0.3) is 11.1 Å². The fourth-order valence-corrected chi connectivity index (χ4v) is 4.73. The van der Waals surface area contributed by atoms with Crippen molar-refractivity contribution in [3.05, 3.63) is 102 Å². The van der Waals surface area contributed by atoms with Crippen LogP contribution in [0.2, 0.25) is 0 Å². The van der Waals surface area contributed by atoms with Crippen molar-refractivity contribution in [1.82, 2.24) is 19.7 Å². The second-order valence-corrected chi connectivity index (χ2v) is 11.0. The standard InChI is InChI=1S/C33H34N6O6/c1-5-6-19-44-32(43)39-25-20-26(31(42)36-33(2,3)21-13-8-7-9-14-21)45-27(25)28(37-39)35-29(40)22-15-10-11-16-23(22)34-30(41)24-17-12-18-38(24)4/h7-18,20H,5-6,19H2,1-4H3,(H,34,41)(H,36,42)(H,35,37,40). The van der Waals surface area contributed by atoms with Crippen LogP contribution in [-0.4, -0.2) is 44.8 Å². The second-order valence-electron chi connectivity index (χ2n) is 11.0. The maximum atomic E-state index is 13.5. The van der Waals surface area contributed by atoms with E-state index in [-0.39, 0.29) is 40.5 Å². The second kappa shape index (κ2) is 12.9. The molecule has 5 rings (SSSR count). The molecule has 0 atom stereocenters. The van der Waals surface area contributed by atoms with Crippen molar-refractivity contribution in [2.45, 2.75) is 39.2 Å². The van der Waals surface area contributed by atoms with Crippen molar-refractivity contribution < 1.29 is 28.3 Å². The Balaban J connectivity index is 1.45. The van der Waals surface area contributed by atoms with Gasteiger partial charge >= 0.3 is 6.09 Å². The number of fused-ring (bicyclic) bond motifs is 1. The number of nitrogens with one attached hydrogen (secondary N) is 3. The maximum Gasteiger partial charge on any atom is 0.435 e. The van der Waals surface area contributed by atoms with E-state index in [0.29, 0.717) is 12.1 Å². The molecule has 12 nitrogen and oxygen atoms in total. The zero-order valence-electron chi connectivity index (χ0n) is 25.4. The predicted octanol–water partition coefficient (Wildman–Crippen LogP) is 5.92. The van der Waals surface area contributed by atoms with Crippen LogP contribution in [0, 0.1) is 0 Å². The van der Waals surface area contributed by atoms with Crippen LogP contribution in [0.4, 0.5) is 16.3 Å². The smallest absolute Gasteiger partial charge is 0.435 e. The molecule has 45 heavy (non-hydrogen) atoms. The lowest BCUT2D eigenvalue weighted by molar-refractivity contribution is 0.0884. The Kier molecular flexibility index (Phi) is 8.84. The molecule has 0 bridgehead atoms. The number of hydrogen-bond donors (Lipinski definition) is 3. The molecule has 0 spiro atoms. The first-order valence-corrected chi connectivity index (χ1v) is 14.5. The zero-order chi connectivity index (χ0) is 32.1. The largest absolute Gasteiger partial charge is 0.448 e. The summed E-state index contributed by atoms with van der Waals surface area (Å²) in [4.78, 5) is 52.7. The number of unbranched alkanes of at least 4 members (excludes halogenated alkanes) is 1. The van der Waals surface area contributed by atoms with Gasteiger partial charge in [0.15, 0.2) is 17.2 Å². The molecule has 12 heteroatoms. The van der Waals surface area contributed by atoms with Gasteiger partial charge in [-0.3, -0.25) is 14.4 Å². The van der Waals surface area contributed by atoms with E-state index in [1.807, 2.05) is 51.1 Å². The van der Waals surface area contributed by atoms with Crippen LogP contribution < -0.4 is 16.0 Å². The first-order chi connectivity index (χ1) is 21.6. The lowest BCUT2D eigenvalue weighted by Crippen LogP contribution is -2.40. The maximum absolute atomic E-state index is 13.5. The van der Waals surface area contributed by atoms with Crippen LogP contribution in [0.5, 0.6) is 0 Å². The number of carbonyl (C=O) groups excluding carboxylic acids is 4. The minimum absolute atomic E-state index is 0.00351. The molecule has 3 amide bonds. The first-order valence-electron chi connectivity index (χ1n) is 14.5. The molecule has 2 aromatic carbocycles. The molecule has 3 aromatic heterocycles. The predicted molar refractivity (Wildman–Crippen MR) is 168 cm³/mol. The summed E-state index contributed by atoms with van der Waals surface area (Å²) < 4.78 is 13.9. The van der Waals surface area contributed by atoms with Gasteiger partial charge in [-0.05, 0) is 50.1 Å². The lowest BCUT2D eigenvalue weighted by Gasteiger charge is -2.26. The molecule has 0 saturated heterocycles. The number of amides is 3. The van der Waals surface area contributed by atoms with Crippen LogP contribution in [-0.2, 0) is 17.3 Å². The van der Waals surface area contributed by atoms with Crippen molar-refractivity contribution in [3.63, 3.8) is 0 Å². The van der Waals surface area contributed by atoms with Gasteiger partial charge in [-0.2, -0.15) is 4.68 Å². The summed E-state index contributed by atoms with van der Waals surface area (Å²) in [5.41, 5.74) is 1.09. The normalized spacial score (nSPS) is 11.3. The molecular formula is C33H34N6O6. The molecule has 0 aliphatic rings. The van der Waals surface area contributed by atoms with Gasteiger partial charge in [0, 0.05) is 19.3 Å². The van der Waals surface area contributed by atoms with Gasteiger partial charge in [-0.25, -0.2) is 4.79 Å². The summed E-state index contributed by atoms with van der Waals surface area (Å²) >= 11 is 0. The van der Waals surface area contributed by atoms with E-state index in [4.69, 9.17) is 9.15 Å². The Labute approximate surface area is 259 Å². The Morgan fingerprint density at radius 3 is 2.36 bits per heavy atom. The van der Waals surface area contributed by atoms with Gasteiger partial charge in [0.05, 0.1) is 23.4 Å². The summed E-state index contributed by atoms with van der Waals surface area (Å²) in [5, 5.41) is 12.6. The minimum atomic E-state index is -0.790. The van der Waals surface area contributed by atoms with Gasteiger partial charge in [0.2, 0.25) is 0 Å². The van der Waals surface area contributed by atoms with Crippen molar-refractivity contribution in [2.24, 2.45) is 7.05 Å². The zero-order valence-corrected chi connectivity index (χ0v) is 25.4. The number of aromatic nitrogens is 3. The van der Waals surface area contributed by atoms with Crippen molar-refractivity contribution >= 4 is 46.4 Å². The summed E-state index contributed by atoms with van der Waals surface area (Å²) in [7, 11) is 1.74. The Bertz CT molecular complexity index is 1870. The van der Waals surface area contributed by atoms with Gasteiger partial charge in [0.1, 0.15) is 11.2 Å². The van der Waals surface area contributed by atoms with E-state index < -0.39 is 29.4 Å². The molecule has 0 unspecified atom stereocenters. The molecule has 232 valence electrons. The number of aryl methyl sites for hydroxylation is 1. The fourth-order valence-electron chi connectivity index (χ4n) is 4.73. The Morgan fingerprint density at radius 1 is 0.911 bits per heavy atom. The summed E-state index contributed by atoms with van der Waals surface area (Å²) in [6, 6.07) is 20.7. The van der Waals surface area contributed by atoms with E-state index in [0.717, 1.165) is 16.7 Å². The van der Waals surface area contributed by atoms with Crippen LogP contribution in [0.15, 0.2) is 83.4 Å². The third kappa shape index (κ3) is 6.64. The van der Waals surface area contributed by atoms with E-state index in [1.54, 1.807) is 48.1 Å². The molecule has 0 aliphatic heterocycles. The number of furan rings is 1. The van der Waals surface area contributed by atoms with E-state index in [1.165, 1.54) is 12.1 Å². The van der Waals surface area contributed by atoms with Crippen molar-refractivity contribution in [1.29, 1.82) is 0 Å². The quantitative estimate of drug-likeness (QED) is 0.166. The minimum Gasteiger partial charge on any atom is -0.448 e. The highest BCUT2D eigenvalue weighted by molar-refractivity contribution is 6.14. The molecule has 5 aromatic rings. The lowest BCUT2D eigenvalue weighted by atomic mass is 9.94. The number of nitrogens with zero attached hydrogens (tertiary/aromatic N) is 3. The van der Waals surface area contributed by atoms with Crippen LogP contribution >= 0.6 is 0 Å². The molecule has 0 fully saturated rings. The number of anilines is 2.